The zero-order valence-corrected chi connectivity index (χ0v) is 32.0. The Balaban J connectivity index is 0.000000672. The van der Waals surface area contributed by atoms with Gasteiger partial charge in [-0.1, -0.05) is 35.5 Å². The van der Waals surface area contributed by atoms with E-state index in [0.29, 0.717) is 47.5 Å². The molecule has 0 unspecified atom stereocenters. The first-order chi connectivity index (χ1) is 27.9. The van der Waals surface area contributed by atoms with Gasteiger partial charge in [-0.2, -0.15) is 13.2 Å². The number of aliphatic carboxylic acids is 1. The van der Waals surface area contributed by atoms with Gasteiger partial charge in [0.15, 0.2) is 5.82 Å². The van der Waals surface area contributed by atoms with Crippen LogP contribution in [0.5, 0.6) is 0 Å². The number of esters is 1. The minimum atomic E-state index is -5.08. The average molecular weight is 819 g/mol. The molecule has 1 aliphatic carbocycles. The summed E-state index contributed by atoms with van der Waals surface area (Å²) in [6.45, 7) is 3.36. The number of fused-ring (bicyclic) bond motifs is 2. The highest BCUT2D eigenvalue weighted by atomic mass is 32.1. The second kappa shape index (κ2) is 17.3. The molecule has 1 aliphatic heterocycles. The van der Waals surface area contributed by atoms with Crippen molar-refractivity contribution in [3.8, 4) is 21.8 Å². The molecule has 1 saturated heterocycles. The molecule has 6 aromatic rings. The van der Waals surface area contributed by atoms with E-state index in [4.69, 9.17) is 29.1 Å². The Morgan fingerprint density at radius 3 is 2.47 bits per heavy atom. The standard InChI is InChI=1S/C39H37FN6O4S.C2HF3O2/c1-2-49-38(47)33-32(30-20-26-16-18-42-37(35(26)51-30)43-21-23-8-12-24-5-3-6-25(24)19-23)31(36-45-39(48)50-46-36)28(44-34(33)29-7-4-17-41-29)15-11-22-9-13-27(40)14-10-22;3-2(4,5)1(6)7/h8-10,12-14,16,18-20,29,41H,2-7,11,15,17,21H2,1H3,(H,42,43)(H,45,46,48);(H,6,7)/t29-;/m0./s1. The summed E-state index contributed by atoms with van der Waals surface area (Å²) in [6.07, 6.45) is 2.83. The number of carbonyl (C=O) groups excluding carboxylic acids is 1. The summed E-state index contributed by atoms with van der Waals surface area (Å²) in [6, 6.07) is 16.9. The SMILES string of the molecule is CCOC(=O)c1c([C@@H]2CCCN2)nc(CCc2ccc(F)cc2)c(-c2noc(=O)[nH]2)c1-c1cc2ccnc(NCc3ccc4c(c3)CCC4)c2s1.O=C(O)C(F)(F)F. The van der Waals surface area contributed by atoms with Gasteiger partial charge in [0.25, 0.3) is 0 Å². The predicted octanol–water partition coefficient (Wildman–Crippen LogP) is 7.96. The maximum atomic E-state index is 14.1. The molecular weight excluding hydrogens is 781 g/mol. The molecule has 302 valence electrons. The van der Waals surface area contributed by atoms with Gasteiger partial charge in [0, 0.05) is 23.2 Å². The Bertz CT molecular complexity index is 2510. The molecule has 2 aromatic carbocycles. The van der Waals surface area contributed by atoms with Gasteiger partial charge in [-0.05, 0) is 110 Å². The highest BCUT2D eigenvalue weighted by molar-refractivity contribution is 7.23. The van der Waals surface area contributed by atoms with Crippen LogP contribution in [-0.4, -0.2) is 56.5 Å². The van der Waals surface area contributed by atoms with Crippen molar-refractivity contribution in [2.45, 2.75) is 70.6 Å². The Labute approximate surface area is 332 Å². The van der Waals surface area contributed by atoms with Crippen LogP contribution in [0.3, 0.4) is 0 Å². The highest BCUT2D eigenvalue weighted by Crippen LogP contribution is 2.45. The molecule has 17 heteroatoms. The van der Waals surface area contributed by atoms with E-state index in [1.54, 1.807) is 25.3 Å². The number of nitrogens with one attached hydrogen (secondary N) is 3. The van der Waals surface area contributed by atoms with Crippen LogP contribution >= 0.6 is 11.3 Å². The molecule has 4 aromatic heterocycles. The van der Waals surface area contributed by atoms with Gasteiger partial charge in [0.2, 0.25) is 0 Å². The number of aryl methyl sites for hydroxylation is 4. The third kappa shape index (κ3) is 8.95. The summed E-state index contributed by atoms with van der Waals surface area (Å²) in [5.74, 6) is -3.40. The number of pyridine rings is 2. The smallest absolute Gasteiger partial charge is 0.475 e. The number of aromatic amines is 1. The normalized spacial score (nSPS) is 14.9. The van der Waals surface area contributed by atoms with Crippen LogP contribution in [0, 0.1) is 5.82 Å². The number of H-pyrrole nitrogens is 1. The van der Waals surface area contributed by atoms with Crippen molar-refractivity contribution in [1.29, 1.82) is 0 Å². The lowest BCUT2D eigenvalue weighted by molar-refractivity contribution is -0.192. The largest absolute Gasteiger partial charge is 0.490 e. The fraction of sp³-hybridized carbons (Fsp3) is 0.317. The van der Waals surface area contributed by atoms with E-state index in [2.05, 4.69) is 39.0 Å². The fourth-order valence-electron chi connectivity index (χ4n) is 7.30. The predicted molar refractivity (Wildman–Crippen MR) is 208 cm³/mol. The van der Waals surface area contributed by atoms with Crippen molar-refractivity contribution in [3.63, 3.8) is 0 Å². The van der Waals surface area contributed by atoms with Gasteiger partial charge in [-0.3, -0.25) is 14.5 Å². The van der Waals surface area contributed by atoms with E-state index in [9.17, 15) is 27.2 Å². The number of ether oxygens (including phenoxy) is 1. The minimum absolute atomic E-state index is 0.165. The topological polar surface area (TPSA) is 172 Å². The molecule has 8 rings (SSSR count). The maximum absolute atomic E-state index is 14.1. The maximum Gasteiger partial charge on any atom is 0.490 e. The van der Waals surface area contributed by atoms with Crippen LogP contribution in [-0.2, 0) is 41.8 Å². The van der Waals surface area contributed by atoms with Gasteiger partial charge in [0.05, 0.1) is 39.9 Å². The van der Waals surface area contributed by atoms with E-state index >= 15 is 0 Å². The summed E-state index contributed by atoms with van der Waals surface area (Å²) in [5, 5.41) is 19.3. The number of thiophene rings is 1. The zero-order valence-electron chi connectivity index (χ0n) is 31.2. The Kier molecular flexibility index (Phi) is 12.0. The minimum Gasteiger partial charge on any atom is -0.475 e. The van der Waals surface area contributed by atoms with Gasteiger partial charge in [-0.25, -0.2) is 23.8 Å². The second-order valence-electron chi connectivity index (χ2n) is 13.8. The molecule has 0 bridgehead atoms. The van der Waals surface area contributed by atoms with Gasteiger partial charge in [0.1, 0.15) is 11.6 Å². The molecule has 2 aliphatic rings. The van der Waals surface area contributed by atoms with Gasteiger partial charge in [-0.15, -0.1) is 11.3 Å². The van der Waals surface area contributed by atoms with Crippen molar-refractivity contribution in [2.75, 3.05) is 18.5 Å². The van der Waals surface area contributed by atoms with Gasteiger partial charge >= 0.3 is 23.9 Å². The first kappa shape index (κ1) is 40.3. The van der Waals surface area contributed by atoms with E-state index in [0.717, 1.165) is 58.6 Å². The number of nitrogens with zero attached hydrogens (tertiary/aromatic N) is 3. The molecule has 1 atom stereocenters. The summed E-state index contributed by atoms with van der Waals surface area (Å²) in [4.78, 5) is 48.8. The lowest BCUT2D eigenvalue weighted by atomic mass is 9.91. The quantitative estimate of drug-likeness (QED) is 0.0738. The first-order valence-corrected chi connectivity index (χ1v) is 19.5. The lowest BCUT2D eigenvalue weighted by Gasteiger charge is -2.22. The summed E-state index contributed by atoms with van der Waals surface area (Å²) < 4.78 is 57.2. The molecule has 0 spiro atoms. The molecule has 0 radical (unpaired) electrons. The summed E-state index contributed by atoms with van der Waals surface area (Å²) in [5.41, 5.74) is 7.57. The molecule has 5 heterocycles. The molecule has 4 N–H and O–H groups in total. The number of carbonyl (C=O) groups is 2. The number of hydrogen-bond acceptors (Lipinski definition) is 11. The number of carboxylic acid groups (broad SMARTS) is 1. The Morgan fingerprint density at radius 2 is 1.78 bits per heavy atom. The van der Waals surface area contributed by atoms with Gasteiger partial charge < -0.3 is 20.5 Å². The van der Waals surface area contributed by atoms with Crippen LogP contribution < -0.4 is 16.4 Å². The van der Waals surface area contributed by atoms with E-state index in [1.807, 2.05) is 12.1 Å². The summed E-state index contributed by atoms with van der Waals surface area (Å²) in [7, 11) is 0. The number of alkyl halides is 3. The lowest BCUT2D eigenvalue weighted by Crippen LogP contribution is -2.22. The van der Waals surface area contributed by atoms with Crippen LogP contribution in [0.15, 0.2) is 70.1 Å². The molecule has 12 nitrogen and oxygen atoms in total. The number of benzene rings is 2. The van der Waals surface area contributed by atoms with Crippen molar-refractivity contribution in [3.05, 3.63) is 116 Å². The third-order valence-corrected chi connectivity index (χ3v) is 11.1. The summed E-state index contributed by atoms with van der Waals surface area (Å²) >= 11 is 1.50. The van der Waals surface area contributed by atoms with E-state index < -0.39 is 23.9 Å². The van der Waals surface area contributed by atoms with E-state index in [1.165, 1.54) is 46.6 Å². The van der Waals surface area contributed by atoms with Crippen molar-refractivity contribution >= 4 is 39.2 Å². The van der Waals surface area contributed by atoms with Crippen molar-refractivity contribution in [2.24, 2.45) is 0 Å². The molecule has 0 amide bonds. The van der Waals surface area contributed by atoms with Crippen LogP contribution in [0.4, 0.5) is 23.4 Å². The molecule has 58 heavy (non-hydrogen) atoms. The fourth-order valence-corrected chi connectivity index (χ4v) is 8.48. The number of hydrogen-bond donors (Lipinski definition) is 4. The van der Waals surface area contributed by atoms with Crippen LogP contribution in [0.25, 0.3) is 31.9 Å². The monoisotopic (exact) mass is 818 g/mol. The Morgan fingerprint density at radius 1 is 1.02 bits per heavy atom. The third-order valence-electron chi connectivity index (χ3n) is 9.96. The molecule has 1 fully saturated rings. The van der Waals surface area contributed by atoms with E-state index in [-0.39, 0.29) is 24.3 Å². The average Bonchev–Trinajstić information content (AvgIpc) is 4.04. The number of aromatic nitrogens is 4. The highest BCUT2D eigenvalue weighted by Gasteiger charge is 2.38. The number of halogens is 4. The second-order valence-corrected chi connectivity index (χ2v) is 14.9. The van der Waals surface area contributed by atoms with Crippen molar-refractivity contribution < 1.29 is 41.5 Å². The molecule has 0 saturated carbocycles. The van der Waals surface area contributed by atoms with Crippen LogP contribution in [0.2, 0.25) is 0 Å². The van der Waals surface area contributed by atoms with Crippen molar-refractivity contribution in [1.82, 2.24) is 25.4 Å². The molecular formula is C41H38F4N6O6S. The zero-order chi connectivity index (χ0) is 41.0. The number of carboxylic acids is 1. The Hall–Kier alpha value is -5.94. The first-order valence-electron chi connectivity index (χ1n) is 18.7. The van der Waals surface area contributed by atoms with Crippen LogP contribution in [0.1, 0.15) is 76.2 Å². The number of rotatable bonds is 11. The number of anilines is 1.